The van der Waals surface area contributed by atoms with Crippen LogP contribution in [0, 0.1) is 6.92 Å². The van der Waals surface area contributed by atoms with E-state index in [1.165, 1.54) is 27.8 Å². The first kappa shape index (κ1) is 12.2. The number of hydrogen-bond donors (Lipinski definition) is 1. The molecular formula is C20H16O. The van der Waals surface area contributed by atoms with Gasteiger partial charge in [-0.05, 0) is 52.8 Å². The second-order valence-electron chi connectivity index (χ2n) is 5.64. The van der Waals surface area contributed by atoms with Gasteiger partial charge in [-0.2, -0.15) is 0 Å². The summed E-state index contributed by atoms with van der Waals surface area (Å²) in [5.41, 5.74) is 8.34. The van der Waals surface area contributed by atoms with E-state index in [0.717, 1.165) is 17.5 Å². The summed E-state index contributed by atoms with van der Waals surface area (Å²) in [6.45, 7) is 2.07. The molecule has 0 atom stereocenters. The third-order valence-electron chi connectivity index (χ3n) is 4.32. The van der Waals surface area contributed by atoms with Crippen LogP contribution in [0.15, 0.2) is 60.7 Å². The molecule has 1 aliphatic carbocycles. The summed E-state index contributed by atoms with van der Waals surface area (Å²) in [5.74, 6) is 0.395. The molecule has 21 heavy (non-hydrogen) atoms. The fourth-order valence-electron chi connectivity index (χ4n) is 3.46. The van der Waals surface area contributed by atoms with Crippen LogP contribution in [0.3, 0.4) is 0 Å². The lowest BCUT2D eigenvalue weighted by Gasteiger charge is -2.14. The van der Waals surface area contributed by atoms with Crippen molar-refractivity contribution in [3.05, 3.63) is 77.4 Å². The van der Waals surface area contributed by atoms with Gasteiger partial charge >= 0.3 is 0 Å². The van der Waals surface area contributed by atoms with Gasteiger partial charge in [0.1, 0.15) is 5.75 Å². The van der Waals surface area contributed by atoms with Crippen molar-refractivity contribution in [3.63, 3.8) is 0 Å². The van der Waals surface area contributed by atoms with Crippen molar-refractivity contribution in [3.8, 4) is 28.0 Å². The van der Waals surface area contributed by atoms with Gasteiger partial charge in [-0.3, -0.25) is 0 Å². The summed E-state index contributed by atoms with van der Waals surface area (Å²) >= 11 is 0. The zero-order valence-corrected chi connectivity index (χ0v) is 11.9. The maximum absolute atomic E-state index is 10.4. The summed E-state index contributed by atoms with van der Waals surface area (Å²) in [4.78, 5) is 0. The molecular weight excluding hydrogens is 256 g/mol. The van der Waals surface area contributed by atoms with E-state index in [0.29, 0.717) is 5.75 Å². The minimum Gasteiger partial charge on any atom is -0.507 e. The second kappa shape index (κ2) is 4.49. The Morgan fingerprint density at radius 1 is 0.857 bits per heavy atom. The van der Waals surface area contributed by atoms with E-state index in [4.69, 9.17) is 0 Å². The highest BCUT2D eigenvalue weighted by Crippen LogP contribution is 2.47. The van der Waals surface area contributed by atoms with E-state index in [1.54, 1.807) is 0 Å². The van der Waals surface area contributed by atoms with Crippen LogP contribution in [0.25, 0.3) is 22.3 Å². The van der Waals surface area contributed by atoms with Crippen molar-refractivity contribution in [2.75, 3.05) is 0 Å². The van der Waals surface area contributed by atoms with Crippen LogP contribution in [0.2, 0.25) is 0 Å². The number of phenols is 1. The van der Waals surface area contributed by atoms with Crippen molar-refractivity contribution >= 4 is 0 Å². The molecule has 0 heterocycles. The number of benzene rings is 3. The van der Waals surface area contributed by atoms with Crippen LogP contribution in [-0.2, 0) is 6.42 Å². The topological polar surface area (TPSA) is 20.2 Å². The zero-order valence-electron chi connectivity index (χ0n) is 11.9. The maximum Gasteiger partial charge on any atom is 0.124 e. The normalized spacial score (nSPS) is 12.0. The molecule has 0 saturated carbocycles. The summed E-state index contributed by atoms with van der Waals surface area (Å²) < 4.78 is 0. The van der Waals surface area contributed by atoms with E-state index in [-0.39, 0.29) is 0 Å². The van der Waals surface area contributed by atoms with E-state index >= 15 is 0 Å². The molecule has 3 aromatic carbocycles. The fraction of sp³-hybridized carbons (Fsp3) is 0.100. The average molecular weight is 272 g/mol. The highest BCUT2D eigenvalue weighted by Gasteiger charge is 2.25. The maximum atomic E-state index is 10.4. The van der Waals surface area contributed by atoms with Crippen LogP contribution < -0.4 is 0 Å². The van der Waals surface area contributed by atoms with Crippen molar-refractivity contribution in [2.24, 2.45) is 0 Å². The Morgan fingerprint density at radius 2 is 1.57 bits per heavy atom. The minimum atomic E-state index is 0.395. The number of aryl methyl sites for hydroxylation is 1. The first-order chi connectivity index (χ1) is 10.3. The number of rotatable bonds is 1. The molecule has 0 spiro atoms. The lowest BCUT2D eigenvalue weighted by atomic mass is 9.91. The summed E-state index contributed by atoms with van der Waals surface area (Å²) in [7, 11) is 0. The molecule has 0 fully saturated rings. The van der Waals surface area contributed by atoms with E-state index in [2.05, 4.69) is 49.4 Å². The van der Waals surface area contributed by atoms with E-state index in [1.807, 2.05) is 18.2 Å². The molecule has 4 rings (SSSR count). The lowest BCUT2D eigenvalue weighted by Crippen LogP contribution is -1.92. The molecule has 1 heteroatoms. The molecule has 0 bridgehead atoms. The van der Waals surface area contributed by atoms with Crippen LogP contribution >= 0.6 is 0 Å². The highest BCUT2D eigenvalue weighted by atomic mass is 16.3. The quantitative estimate of drug-likeness (QED) is 0.520. The Bertz CT molecular complexity index is 832. The van der Waals surface area contributed by atoms with Gasteiger partial charge in [0.25, 0.3) is 0 Å². The first-order valence-electron chi connectivity index (χ1n) is 7.25. The average Bonchev–Trinajstić information content (AvgIpc) is 2.87. The smallest absolute Gasteiger partial charge is 0.124 e. The van der Waals surface area contributed by atoms with E-state index in [9.17, 15) is 5.11 Å². The summed E-state index contributed by atoms with van der Waals surface area (Å²) in [5, 5.41) is 10.4. The van der Waals surface area contributed by atoms with Crippen molar-refractivity contribution in [2.45, 2.75) is 13.3 Å². The highest BCUT2D eigenvalue weighted by molar-refractivity contribution is 5.89. The third kappa shape index (κ3) is 1.78. The third-order valence-corrected chi connectivity index (χ3v) is 4.32. The first-order valence-corrected chi connectivity index (χ1v) is 7.25. The fourth-order valence-corrected chi connectivity index (χ4v) is 3.46. The minimum absolute atomic E-state index is 0.395. The van der Waals surface area contributed by atoms with Crippen molar-refractivity contribution in [1.82, 2.24) is 0 Å². The van der Waals surface area contributed by atoms with Crippen LogP contribution in [0.1, 0.15) is 16.7 Å². The largest absolute Gasteiger partial charge is 0.507 e. The molecule has 1 nitrogen and oxygen atoms in total. The molecule has 1 N–H and O–H groups in total. The molecule has 0 unspecified atom stereocenters. The Kier molecular flexibility index (Phi) is 2.61. The van der Waals surface area contributed by atoms with Crippen molar-refractivity contribution in [1.29, 1.82) is 0 Å². The molecule has 0 amide bonds. The van der Waals surface area contributed by atoms with Crippen LogP contribution in [0.4, 0.5) is 0 Å². The summed E-state index contributed by atoms with van der Waals surface area (Å²) in [6.07, 6.45) is 0.894. The molecule has 102 valence electrons. The monoisotopic (exact) mass is 272 g/mol. The van der Waals surface area contributed by atoms with Crippen molar-refractivity contribution < 1.29 is 5.11 Å². The number of aromatic hydroxyl groups is 1. The predicted octanol–water partition coefficient (Wildman–Crippen LogP) is 4.94. The lowest BCUT2D eigenvalue weighted by molar-refractivity contribution is 0.477. The Morgan fingerprint density at radius 3 is 2.38 bits per heavy atom. The molecule has 1 aliphatic rings. The Hall–Kier alpha value is -2.54. The molecule has 0 aliphatic heterocycles. The van der Waals surface area contributed by atoms with Gasteiger partial charge < -0.3 is 5.11 Å². The summed E-state index contributed by atoms with van der Waals surface area (Å²) in [6, 6.07) is 20.7. The van der Waals surface area contributed by atoms with Crippen LogP contribution in [0.5, 0.6) is 5.75 Å². The Labute approximate surface area is 124 Å². The van der Waals surface area contributed by atoms with Gasteiger partial charge in [0.05, 0.1) is 0 Å². The second-order valence-corrected chi connectivity index (χ2v) is 5.64. The van der Waals surface area contributed by atoms with Crippen LogP contribution in [-0.4, -0.2) is 5.11 Å². The SMILES string of the molecule is Cc1cc(O)c2c(c1-c1ccccc1)Cc1ccccc1-2. The number of hydrogen-bond acceptors (Lipinski definition) is 1. The van der Waals surface area contributed by atoms with E-state index < -0.39 is 0 Å². The molecule has 3 aromatic rings. The predicted molar refractivity (Wildman–Crippen MR) is 86.5 cm³/mol. The molecule has 0 aromatic heterocycles. The zero-order chi connectivity index (χ0) is 14.4. The van der Waals surface area contributed by atoms with Gasteiger partial charge in [-0.15, -0.1) is 0 Å². The van der Waals surface area contributed by atoms with Gasteiger partial charge in [0, 0.05) is 5.56 Å². The van der Waals surface area contributed by atoms with Gasteiger partial charge in [-0.1, -0.05) is 54.6 Å². The molecule has 0 saturated heterocycles. The standard InChI is InChI=1S/C20H16O/c1-13-11-18(21)20-16-10-6-5-9-15(16)12-17(20)19(13)14-7-3-2-4-8-14/h2-11,21H,12H2,1H3. The van der Waals surface area contributed by atoms with Gasteiger partial charge in [0.15, 0.2) is 0 Å². The molecule has 0 radical (unpaired) electrons. The number of phenolic OH excluding ortho intramolecular Hbond substituents is 1. The number of fused-ring (bicyclic) bond motifs is 3. The van der Waals surface area contributed by atoms with Gasteiger partial charge in [0.2, 0.25) is 0 Å². The van der Waals surface area contributed by atoms with Gasteiger partial charge in [-0.25, -0.2) is 0 Å². The Balaban J connectivity index is 2.04.